The van der Waals surface area contributed by atoms with E-state index in [1.165, 1.54) is 17.7 Å². The molecule has 1 aromatic carbocycles. The number of nitrogens with one attached hydrogen (secondary N) is 1. The van der Waals surface area contributed by atoms with Gasteiger partial charge < -0.3 is 10.1 Å². The average Bonchev–Trinajstić information content (AvgIpc) is 3.08. The number of hydrogen-bond acceptors (Lipinski definition) is 6. The van der Waals surface area contributed by atoms with Gasteiger partial charge in [-0.05, 0) is 38.1 Å². The van der Waals surface area contributed by atoms with E-state index in [0.29, 0.717) is 22.9 Å². The number of halogens is 1. The van der Waals surface area contributed by atoms with Gasteiger partial charge in [-0.25, -0.2) is 14.3 Å². The first-order chi connectivity index (χ1) is 13.3. The largest absolute Gasteiger partial charge is 0.448 e. The molecular weight excluding hydrogens is 388 g/mol. The number of hydrogen-bond donors (Lipinski definition) is 1. The molecule has 1 saturated heterocycles. The van der Waals surface area contributed by atoms with Crippen LogP contribution < -0.4 is 10.7 Å². The van der Waals surface area contributed by atoms with Crippen molar-refractivity contribution in [3.8, 4) is 5.69 Å². The topological polar surface area (TPSA) is 111 Å². The predicted molar refractivity (Wildman–Crippen MR) is 99.6 cm³/mol. The van der Waals surface area contributed by atoms with Crippen LogP contribution in [0.25, 0.3) is 5.69 Å². The molecule has 1 aromatic heterocycles. The fourth-order valence-electron chi connectivity index (χ4n) is 2.70. The highest BCUT2D eigenvalue weighted by molar-refractivity contribution is 6.30. The van der Waals surface area contributed by atoms with E-state index in [9.17, 15) is 19.2 Å². The van der Waals surface area contributed by atoms with Crippen LogP contribution in [0.3, 0.4) is 0 Å². The van der Waals surface area contributed by atoms with Crippen molar-refractivity contribution >= 4 is 29.5 Å². The Bertz CT molecular complexity index is 1000. The molecule has 28 heavy (non-hydrogen) atoms. The van der Waals surface area contributed by atoms with Gasteiger partial charge in [0.25, 0.3) is 5.91 Å². The van der Waals surface area contributed by atoms with Crippen molar-refractivity contribution in [1.29, 1.82) is 0 Å². The molecule has 1 N–H and O–H groups in total. The monoisotopic (exact) mass is 404 g/mol. The van der Waals surface area contributed by atoms with Crippen molar-refractivity contribution in [2.24, 2.45) is 0 Å². The smallest absolute Gasteiger partial charge is 0.363 e. The Morgan fingerprint density at radius 2 is 1.93 bits per heavy atom. The van der Waals surface area contributed by atoms with E-state index < -0.39 is 35.1 Å². The molecule has 0 spiro atoms. The molecule has 0 aliphatic carbocycles. The van der Waals surface area contributed by atoms with E-state index in [4.69, 9.17) is 16.3 Å². The Kier molecular flexibility index (Phi) is 5.46. The van der Waals surface area contributed by atoms with Crippen LogP contribution in [-0.4, -0.2) is 51.8 Å². The Labute approximate surface area is 164 Å². The van der Waals surface area contributed by atoms with Gasteiger partial charge in [0, 0.05) is 29.9 Å². The van der Waals surface area contributed by atoms with Crippen LogP contribution in [0.4, 0.5) is 4.79 Å². The molecule has 2 heterocycles. The van der Waals surface area contributed by atoms with Crippen molar-refractivity contribution in [1.82, 2.24) is 20.0 Å². The quantitative estimate of drug-likeness (QED) is 0.769. The molecular formula is C18H17ClN4O5. The summed E-state index contributed by atoms with van der Waals surface area (Å²) in [6.45, 7) is 3.51. The Balaban J connectivity index is 1.84. The highest BCUT2D eigenvalue weighted by Gasteiger charge is 2.32. The Hall–Kier alpha value is -3.20. The number of rotatable bonds is 4. The second-order valence-electron chi connectivity index (χ2n) is 6.16. The lowest BCUT2D eigenvalue weighted by Crippen LogP contribution is -2.42. The number of nitrogens with zero attached hydrogens (tertiary/aromatic N) is 3. The highest BCUT2D eigenvalue weighted by atomic mass is 35.5. The van der Waals surface area contributed by atoms with E-state index in [-0.39, 0.29) is 6.54 Å². The van der Waals surface area contributed by atoms with Crippen molar-refractivity contribution < 1.29 is 19.1 Å². The summed E-state index contributed by atoms with van der Waals surface area (Å²) in [5, 5.41) is 7.09. The first-order valence-electron chi connectivity index (χ1n) is 8.45. The molecule has 1 aliphatic rings. The number of aryl methyl sites for hydroxylation is 1. The van der Waals surface area contributed by atoms with E-state index in [1.54, 1.807) is 31.2 Å². The number of aromatic nitrogens is 2. The lowest BCUT2D eigenvalue weighted by Gasteiger charge is -2.18. The number of ether oxygens (including phenoxy) is 1. The fraction of sp³-hybridized carbons (Fsp3) is 0.278. The number of benzene rings is 1. The van der Waals surface area contributed by atoms with Gasteiger partial charge in [0.05, 0.1) is 5.69 Å². The van der Waals surface area contributed by atoms with Gasteiger partial charge in [-0.1, -0.05) is 11.6 Å². The van der Waals surface area contributed by atoms with Gasteiger partial charge in [0.2, 0.25) is 11.1 Å². The lowest BCUT2D eigenvalue weighted by molar-refractivity contribution is -0.136. The third-order valence-electron chi connectivity index (χ3n) is 4.13. The average molecular weight is 405 g/mol. The van der Waals surface area contributed by atoms with Gasteiger partial charge in [-0.15, -0.1) is 0 Å². The van der Waals surface area contributed by atoms with Crippen LogP contribution in [0.5, 0.6) is 0 Å². The second-order valence-corrected chi connectivity index (χ2v) is 6.59. The predicted octanol–water partition coefficient (Wildman–Crippen LogP) is 1.29. The van der Waals surface area contributed by atoms with Gasteiger partial charge in [-0.2, -0.15) is 5.10 Å². The summed E-state index contributed by atoms with van der Waals surface area (Å²) in [7, 11) is 0. The summed E-state index contributed by atoms with van der Waals surface area (Å²) < 4.78 is 6.48. The zero-order valence-electron chi connectivity index (χ0n) is 15.1. The van der Waals surface area contributed by atoms with E-state index in [1.807, 2.05) is 0 Å². The molecule has 3 amide bonds. The number of carbonyl (C=O) groups is 3. The third kappa shape index (κ3) is 3.89. The molecule has 1 aliphatic heterocycles. The Morgan fingerprint density at radius 1 is 1.25 bits per heavy atom. The molecule has 0 saturated carbocycles. The van der Waals surface area contributed by atoms with Crippen molar-refractivity contribution in [3.63, 3.8) is 0 Å². The standard InChI is InChI=1S/C18H17ClN4O5/c1-10-9-14(24)15(21-23(10)13-5-3-12(19)4-6-13)17(26)28-11(2)16(25)22-8-7-20-18(22)27/h3-6,9,11H,7-8H2,1-2H3,(H,20,27)/t11-/m0/s1. The maximum Gasteiger partial charge on any atom is 0.363 e. The van der Waals surface area contributed by atoms with Crippen LogP contribution >= 0.6 is 11.6 Å². The van der Waals surface area contributed by atoms with Gasteiger partial charge in [0.15, 0.2) is 6.10 Å². The minimum Gasteiger partial charge on any atom is -0.448 e. The normalized spacial score (nSPS) is 14.5. The third-order valence-corrected chi connectivity index (χ3v) is 4.38. The van der Waals surface area contributed by atoms with Gasteiger partial charge >= 0.3 is 12.0 Å². The summed E-state index contributed by atoms with van der Waals surface area (Å²) in [6, 6.07) is 7.36. The number of imide groups is 1. The van der Waals surface area contributed by atoms with E-state index >= 15 is 0 Å². The molecule has 9 nitrogen and oxygen atoms in total. The first kappa shape index (κ1) is 19.6. The molecule has 146 valence electrons. The molecule has 1 atom stereocenters. The van der Waals surface area contributed by atoms with Crippen molar-refractivity contribution in [2.75, 3.05) is 13.1 Å². The summed E-state index contributed by atoms with van der Waals surface area (Å²) in [6.07, 6.45) is -1.25. The maximum atomic E-state index is 12.4. The zero-order valence-corrected chi connectivity index (χ0v) is 15.9. The Morgan fingerprint density at radius 3 is 2.54 bits per heavy atom. The van der Waals surface area contributed by atoms with Crippen LogP contribution in [0.2, 0.25) is 5.02 Å². The zero-order chi connectivity index (χ0) is 20.4. The molecule has 0 unspecified atom stereocenters. The minimum atomic E-state index is -1.25. The lowest BCUT2D eigenvalue weighted by atomic mass is 10.2. The van der Waals surface area contributed by atoms with Crippen LogP contribution in [0, 0.1) is 6.92 Å². The fourth-order valence-corrected chi connectivity index (χ4v) is 2.83. The number of carbonyl (C=O) groups excluding carboxylic acids is 3. The molecule has 0 bridgehead atoms. The summed E-state index contributed by atoms with van der Waals surface area (Å²) in [5.41, 5.74) is -0.00657. The first-order valence-corrected chi connectivity index (χ1v) is 8.83. The maximum absolute atomic E-state index is 12.4. The number of amides is 3. The molecule has 3 rings (SSSR count). The SMILES string of the molecule is Cc1cc(=O)c(C(=O)O[C@@H](C)C(=O)N2CCNC2=O)nn1-c1ccc(Cl)cc1. The number of urea groups is 1. The highest BCUT2D eigenvalue weighted by Crippen LogP contribution is 2.14. The molecule has 2 aromatic rings. The molecule has 10 heteroatoms. The second kappa shape index (κ2) is 7.81. The van der Waals surface area contributed by atoms with Crippen molar-refractivity contribution in [3.05, 3.63) is 57.0 Å². The molecule has 1 fully saturated rings. The van der Waals surface area contributed by atoms with Crippen LogP contribution in [0.1, 0.15) is 23.1 Å². The number of esters is 1. The van der Waals surface area contributed by atoms with Crippen molar-refractivity contribution in [2.45, 2.75) is 20.0 Å². The van der Waals surface area contributed by atoms with Crippen LogP contribution in [0.15, 0.2) is 35.1 Å². The van der Waals surface area contributed by atoms with Crippen LogP contribution in [-0.2, 0) is 9.53 Å². The van der Waals surface area contributed by atoms with E-state index in [2.05, 4.69) is 10.4 Å². The van der Waals surface area contributed by atoms with Gasteiger partial charge in [-0.3, -0.25) is 14.5 Å². The van der Waals surface area contributed by atoms with E-state index in [0.717, 1.165) is 4.90 Å². The summed E-state index contributed by atoms with van der Waals surface area (Å²) >= 11 is 5.88. The molecule has 0 radical (unpaired) electrons. The summed E-state index contributed by atoms with van der Waals surface area (Å²) in [4.78, 5) is 49.4. The minimum absolute atomic E-state index is 0.186. The van der Waals surface area contributed by atoms with Gasteiger partial charge in [0.1, 0.15) is 0 Å². The summed E-state index contributed by atoms with van der Waals surface area (Å²) in [5.74, 6) is -1.72.